The number of nitrogens with zero attached hydrogens (tertiary/aromatic N) is 1. The fraction of sp³-hybridized carbons (Fsp3) is 0.800. The average Bonchev–Trinajstić information content (AvgIpc) is 2.95. The summed E-state index contributed by atoms with van der Waals surface area (Å²) in [6, 6.07) is -0.872. The molecule has 3 N–H and O–H groups in total. The van der Waals surface area contributed by atoms with E-state index >= 15 is 0 Å². The molecule has 0 rings (SSSR count). The highest BCUT2D eigenvalue weighted by molar-refractivity contribution is 7.47. The Morgan fingerprint density at radius 1 is 0.750 bits per heavy atom. The summed E-state index contributed by atoms with van der Waals surface area (Å²) in [5, 5.41) is 13.6. The Bertz CT molecular complexity index is 825. The first kappa shape index (κ1) is 42.7. The Morgan fingerprint density at radius 2 is 1.25 bits per heavy atom. The molecule has 0 aromatic rings. The van der Waals surface area contributed by atoms with Gasteiger partial charge in [0.15, 0.2) is 0 Å². The number of nitrogens with one attached hydrogen (secondary N) is 1. The van der Waals surface area contributed by atoms with Gasteiger partial charge >= 0.3 is 7.82 Å². The normalized spacial score (nSPS) is 15.3. The van der Waals surface area contributed by atoms with Crippen molar-refractivity contribution >= 4 is 13.7 Å². The van der Waals surface area contributed by atoms with Crippen molar-refractivity contribution in [3.63, 3.8) is 0 Å². The number of carbonyl (C=O) groups is 1. The highest BCUT2D eigenvalue weighted by Gasteiger charge is 2.27. The number of hydrogen-bond donors (Lipinski definition) is 3. The lowest BCUT2D eigenvalue weighted by molar-refractivity contribution is -0.870. The molecule has 0 aliphatic heterocycles. The molecule has 0 heterocycles. The Morgan fingerprint density at radius 3 is 1.84 bits per heavy atom. The summed E-state index contributed by atoms with van der Waals surface area (Å²) < 4.78 is 23.3. The molecule has 0 aliphatic carbocycles. The largest absolute Gasteiger partial charge is 0.472 e. The van der Waals surface area contributed by atoms with Crippen molar-refractivity contribution in [2.45, 2.75) is 142 Å². The van der Waals surface area contributed by atoms with Gasteiger partial charge in [-0.05, 0) is 51.4 Å². The van der Waals surface area contributed by atoms with E-state index in [1.165, 1.54) is 70.6 Å². The van der Waals surface area contributed by atoms with Crippen LogP contribution in [0.5, 0.6) is 0 Å². The van der Waals surface area contributed by atoms with Gasteiger partial charge in [-0.25, -0.2) is 4.57 Å². The van der Waals surface area contributed by atoms with Crippen molar-refractivity contribution < 1.29 is 32.9 Å². The maximum Gasteiger partial charge on any atom is 0.472 e. The van der Waals surface area contributed by atoms with Crippen LogP contribution < -0.4 is 5.32 Å². The van der Waals surface area contributed by atoms with Crippen molar-refractivity contribution in [3.05, 3.63) is 36.5 Å². The SMILES string of the molecule is CCCCCC/C=C\CCCC(=O)NC(COP(=O)(O)OCC[N+](C)(C)C)C(O)/C=C/CC/C=C/CCCCCCCCC. The van der Waals surface area contributed by atoms with Crippen molar-refractivity contribution in [1.82, 2.24) is 5.32 Å². The van der Waals surface area contributed by atoms with Gasteiger partial charge in [0, 0.05) is 6.42 Å². The van der Waals surface area contributed by atoms with Gasteiger partial charge in [-0.3, -0.25) is 13.8 Å². The van der Waals surface area contributed by atoms with Crippen LogP contribution in [0.4, 0.5) is 0 Å². The standard InChI is InChI=1S/C35H67N2O6P/c1-6-8-10-12-14-16-17-18-19-21-22-24-26-28-34(38)33(32-43-44(40,41)42-31-30-37(3,4)5)36-35(39)29-27-25-23-20-15-13-11-9-7-2/h19-21,23,26,28,33-34,38H,6-18,22,24-25,27,29-32H2,1-5H3,(H-,36,39,40,41)/p+1/b21-19+,23-20-,28-26+. The number of hydrogen-bond acceptors (Lipinski definition) is 5. The van der Waals surface area contributed by atoms with Gasteiger partial charge in [0.1, 0.15) is 13.2 Å². The minimum atomic E-state index is -4.33. The van der Waals surface area contributed by atoms with Crippen LogP contribution in [0.1, 0.15) is 129 Å². The minimum Gasteiger partial charge on any atom is -0.387 e. The van der Waals surface area contributed by atoms with E-state index in [1.807, 2.05) is 27.2 Å². The molecule has 258 valence electrons. The zero-order valence-corrected chi connectivity index (χ0v) is 29.8. The molecule has 0 bridgehead atoms. The maximum absolute atomic E-state index is 12.7. The fourth-order valence-electron chi connectivity index (χ4n) is 4.47. The van der Waals surface area contributed by atoms with E-state index in [-0.39, 0.29) is 19.1 Å². The first-order valence-corrected chi connectivity index (χ1v) is 18.9. The van der Waals surface area contributed by atoms with Gasteiger partial charge in [-0.2, -0.15) is 0 Å². The van der Waals surface area contributed by atoms with Crippen LogP contribution in [0.25, 0.3) is 0 Å². The van der Waals surface area contributed by atoms with Gasteiger partial charge in [-0.15, -0.1) is 0 Å². The number of phosphoric acid groups is 1. The molecule has 0 aromatic carbocycles. The minimum absolute atomic E-state index is 0.0510. The van der Waals surface area contributed by atoms with Gasteiger partial charge in [0.25, 0.3) is 0 Å². The quantitative estimate of drug-likeness (QED) is 0.0314. The van der Waals surface area contributed by atoms with Gasteiger partial charge in [0.2, 0.25) is 5.91 Å². The Balaban J connectivity index is 4.71. The summed E-state index contributed by atoms with van der Waals surface area (Å²) in [4.78, 5) is 22.8. The van der Waals surface area contributed by atoms with Crippen molar-refractivity contribution in [1.29, 1.82) is 0 Å². The monoisotopic (exact) mass is 643 g/mol. The molecule has 0 aromatic heterocycles. The summed E-state index contributed by atoms with van der Waals surface area (Å²) in [6.07, 6.45) is 30.8. The fourth-order valence-corrected chi connectivity index (χ4v) is 5.20. The number of unbranched alkanes of at least 4 members (excludes halogenated alkanes) is 13. The molecule has 0 spiro atoms. The lowest BCUT2D eigenvalue weighted by Gasteiger charge is -2.25. The zero-order chi connectivity index (χ0) is 32.9. The van der Waals surface area contributed by atoms with E-state index in [0.29, 0.717) is 23.9 Å². The summed E-state index contributed by atoms with van der Waals surface area (Å²) in [7, 11) is 1.53. The summed E-state index contributed by atoms with van der Waals surface area (Å²) >= 11 is 0. The summed E-state index contributed by atoms with van der Waals surface area (Å²) in [5.41, 5.74) is 0. The molecule has 0 aliphatic rings. The highest BCUT2D eigenvalue weighted by Crippen LogP contribution is 2.43. The van der Waals surface area contributed by atoms with Crippen LogP contribution in [0.15, 0.2) is 36.5 Å². The van der Waals surface area contributed by atoms with Crippen LogP contribution in [0.2, 0.25) is 0 Å². The van der Waals surface area contributed by atoms with Crippen molar-refractivity contribution in [3.8, 4) is 0 Å². The molecule has 8 nitrogen and oxygen atoms in total. The average molecular weight is 644 g/mol. The number of allylic oxidation sites excluding steroid dienone is 5. The Labute approximate surface area is 270 Å². The van der Waals surface area contributed by atoms with Crippen LogP contribution in [-0.4, -0.2) is 73.4 Å². The summed E-state index contributed by atoms with van der Waals surface area (Å²) in [5.74, 6) is -0.227. The van der Waals surface area contributed by atoms with Gasteiger partial charge in [0.05, 0.1) is 39.9 Å². The number of rotatable bonds is 30. The van der Waals surface area contributed by atoms with Crippen LogP contribution in [0.3, 0.4) is 0 Å². The second kappa shape index (κ2) is 28.0. The third kappa shape index (κ3) is 29.4. The topological polar surface area (TPSA) is 105 Å². The number of aliphatic hydroxyl groups is 1. The van der Waals surface area contributed by atoms with Gasteiger partial charge < -0.3 is 19.8 Å². The summed E-state index contributed by atoms with van der Waals surface area (Å²) in [6.45, 7) is 4.68. The van der Waals surface area contributed by atoms with E-state index in [0.717, 1.165) is 32.1 Å². The molecular weight excluding hydrogens is 575 g/mol. The second-order valence-electron chi connectivity index (χ2n) is 12.9. The molecular formula is C35H68N2O6P+. The number of phosphoric ester groups is 1. The van der Waals surface area contributed by atoms with E-state index in [4.69, 9.17) is 9.05 Å². The zero-order valence-electron chi connectivity index (χ0n) is 28.9. The molecule has 0 saturated carbocycles. The molecule has 0 radical (unpaired) electrons. The predicted octanol–water partition coefficient (Wildman–Crippen LogP) is 8.40. The van der Waals surface area contributed by atoms with Crippen LogP contribution in [-0.2, 0) is 18.4 Å². The van der Waals surface area contributed by atoms with Crippen LogP contribution >= 0.6 is 7.82 Å². The molecule has 0 fully saturated rings. The van der Waals surface area contributed by atoms with E-state index in [2.05, 4.69) is 43.5 Å². The molecule has 3 unspecified atom stereocenters. The lowest BCUT2D eigenvalue weighted by atomic mass is 10.1. The number of aliphatic hydroxyl groups excluding tert-OH is 1. The lowest BCUT2D eigenvalue weighted by Crippen LogP contribution is -2.45. The second-order valence-corrected chi connectivity index (χ2v) is 14.3. The van der Waals surface area contributed by atoms with E-state index in [1.54, 1.807) is 6.08 Å². The van der Waals surface area contributed by atoms with Gasteiger partial charge in [-0.1, -0.05) is 108 Å². The molecule has 9 heteroatoms. The third-order valence-electron chi connectivity index (χ3n) is 7.33. The van der Waals surface area contributed by atoms with E-state index < -0.39 is 20.0 Å². The highest BCUT2D eigenvalue weighted by atomic mass is 31.2. The third-order valence-corrected chi connectivity index (χ3v) is 8.32. The molecule has 1 amide bonds. The molecule has 3 atom stereocenters. The number of likely N-dealkylation sites (N-methyl/N-ethyl adjacent to an activating group) is 1. The van der Waals surface area contributed by atoms with Crippen LogP contribution in [0, 0.1) is 0 Å². The first-order valence-electron chi connectivity index (χ1n) is 17.4. The Hall–Kier alpha value is -1.28. The Kier molecular flexibility index (Phi) is 27.2. The smallest absolute Gasteiger partial charge is 0.387 e. The first-order chi connectivity index (χ1) is 21.0. The van der Waals surface area contributed by atoms with E-state index in [9.17, 15) is 19.4 Å². The number of quaternary nitrogens is 1. The molecule has 0 saturated heterocycles. The maximum atomic E-state index is 12.7. The van der Waals surface area contributed by atoms with Crippen molar-refractivity contribution in [2.24, 2.45) is 0 Å². The number of amides is 1. The number of carbonyl (C=O) groups excluding carboxylic acids is 1. The molecule has 44 heavy (non-hydrogen) atoms. The predicted molar refractivity (Wildman–Crippen MR) is 184 cm³/mol. The van der Waals surface area contributed by atoms with Crippen molar-refractivity contribution in [2.75, 3.05) is 40.9 Å².